The Labute approximate surface area is 204 Å². The molecule has 6 nitrogen and oxygen atoms in total. The number of hydrogen-bond acceptors (Lipinski definition) is 4. The van der Waals surface area contributed by atoms with Crippen LogP contribution in [0.15, 0.2) is 66.7 Å². The normalized spacial score (nSPS) is 14.8. The lowest BCUT2D eigenvalue weighted by Crippen LogP contribution is -2.42. The summed E-state index contributed by atoms with van der Waals surface area (Å²) < 4.78 is 11.0. The van der Waals surface area contributed by atoms with Crippen molar-refractivity contribution >= 4 is 23.4 Å². The monoisotopic (exact) mass is 478 g/mol. The van der Waals surface area contributed by atoms with E-state index in [4.69, 9.17) is 21.1 Å². The van der Waals surface area contributed by atoms with Gasteiger partial charge < -0.3 is 19.7 Å². The van der Waals surface area contributed by atoms with E-state index < -0.39 is 0 Å². The van der Waals surface area contributed by atoms with Gasteiger partial charge in [0.1, 0.15) is 0 Å². The van der Waals surface area contributed by atoms with Crippen LogP contribution in [0.3, 0.4) is 0 Å². The van der Waals surface area contributed by atoms with Gasteiger partial charge in [-0.05, 0) is 59.5 Å². The van der Waals surface area contributed by atoms with Crippen LogP contribution in [-0.2, 0) is 11.2 Å². The second kappa shape index (κ2) is 10.6. The molecule has 0 aliphatic carbocycles. The molecule has 0 fully saturated rings. The Hall–Kier alpha value is -3.51. The molecule has 34 heavy (non-hydrogen) atoms. The number of amides is 2. The quantitative estimate of drug-likeness (QED) is 0.536. The fourth-order valence-electron chi connectivity index (χ4n) is 4.34. The second-order valence-corrected chi connectivity index (χ2v) is 8.51. The first kappa shape index (κ1) is 23.6. The predicted octanol–water partition coefficient (Wildman–Crippen LogP) is 4.65. The third-order valence-electron chi connectivity index (χ3n) is 6.04. The number of halogens is 1. The minimum absolute atomic E-state index is 0.0225. The maximum absolute atomic E-state index is 13.3. The standard InChI is InChI=1S/C27H27ClN2O4/c1-33-23-16-20-13-15-30(25(31)12-14-29-27(32)19-8-10-21(28)11-9-19)26(18-6-4-3-5-7-18)22(20)17-24(23)34-2/h3-11,16-17,26H,12-15H2,1-2H3,(H,29,32). The molecule has 1 unspecified atom stereocenters. The molecule has 1 aliphatic heterocycles. The molecule has 3 aromatic carbocycles. The predicted molar refractivity (Wildman–Crippen MR) is 132 cm³/mol. The van der Waals surface area contributed by atoms with Crippen LogP contribution in [-0.4, -0.2) is 44.0 Å². The van der Waals surface area contributed by atoms with Gasteiger partial charge in [-0.15, -0.1) is 0 Å². The summed E-state index contributed by atoms with van der Waals surface area (Å²) in [6.07, 6.45) is 0.910. The Morgan fingerprint density at radius 3 is 2.35 bits per heavy atom. The second-order valence-electron chi connectivity index (χ2n) is 8.07. The molecular formula is C27H27ClN2O4. The van der Waals surface area contributed by atoms with Gasteiger partial charge in [-0.1, -0.05) is 41.9 Å². The van der Waals surface area contributed by atoms with Crippen molar-refractivity contribution in [2.24, 2.45) is 0 Å². The summed E-state index contributed by atoms with van der Waals surface area (Å²) in [5, 5.41) is 3.40. The first-order chi connectivity index (χ1) is 16.5. The SMILES string of the molecule is COc1cc2c(cc1OC)C(c1ccccc1)N(C(=O)CCNC(=O)c1ccc(Cl)cc1)CC2. The van der Waals surface area contributed by atoms with Crippen molar-refractivity contribution in [3.8, 4) is 11.5 Å². The van der Waals surface area contributed by atoms with E-state index in [1.807, 2.05) is 47.4 Å². The first-order valence-corrected chi connectivity index (χ1v) is 11.5. The average Bonchev–Trinajstić information content (AvgIpc) is 2.87. The van der Waals surface area contributed by atoms with Crippen LogP contribution in [0.1, 0.15) is 39.5 Å². The molecule has 3 aromatic rings. The largest absolute Gasteiger partial charge is 0.493 e. The van der Waals surface area contributed by atoms with Gasteiger partial charge >= 0.3 is 0 Å². The van der Waals surface area contributed by atoms with E-state index in [-0.39, 0.29) is 30.8 Å². The van der Waals surface area contributed by atoms with E-state index in [2.05, 4.69) is 5.32 Å². The number of rotatable bonds is 7. The molecule has 1 N–H and O–H groups in total. The lowest BCUT2D eigenvalue weighted by atomic mass is 9.87. The van der Waals surface area contributed by atoms with Crippen molar-refractivity contribution in [1.29, 1.82) is 0 Å². The Morgan fingerprint density at radius 2 is 1.68 bits per heavy atom. The molecule has 1 aliphatic rings. The summed E-state index contributed by atoms with van der Waals surface area (Å²) in [5.74, 6) is 1.06. The molecule has 0 radical (unpaired) electrons. The van der Waals surface area contributed by atoms with Crippen molar-refractivity contribution in [3.05, 3.63) is 94.0 Å². The molecule has 7 heteroatoms. The Kier molecular flexibility index (Phi) is 7.38. The van der Waals surface area contributed by atoms with Crippen LogP contribution in [0.4, 0.5) is 0 Å². The number of benzene rings is 3. The summed E-state index contributed by atoms with van der Waals surface area (Å²) in [7, 11) is 3.23. The van der Waals surface area contributed by atoms with Crippen molar-refractivity contribution in [1.82, 2.24) is 10.2 Å². The van der Waals surface area contributed by atoms with Crippen molar-refractivity contribution in [2.45, 2.75) is 18.9 Å². The minimum Gasteiger partial charge on any atom is -0.493 e. The summed E-state index contributed by atoms with van der Waals surface area (Å²) in [6.45, 7) is 0.823. The smallest absolute Gasteiger partial charge is 0.251 e. The lowest BCUT2D eigenvalue weighted by Gasteiger charge is -2.38. The number of fused-ring (bicyclic) bond motifs is 1. The summed E-state index contributed by atoms with van der Waals surface area (Å²) >= 11 is 5.89. The zero-order valence-electron chi connectivity index (χ0n) is 19.2. The van der Waals surface area contributed by atoms with E-state index >= 15 is 0 Å². The van der Waals surface area contributed by atoms with Gasteiger partial charge in [-0.2, -0.15) is 0 Å². The number of hydrogen-bond donors (Lipinski definition) is 1. The van der Waals surface area contributed by atoms with Gasteiger partial charge in [-0.25, -0.2) is 0 Å². The highest BCUT2D eigenvalue weighted by molar-refractivity contribution is 6.30. The fraction of sp³-hybridized carbons (Fsp3) is 0.259. The van der Waals surface area contributed by atoms with Crippen LogP contribution in [0, 0.1) is 0 Å². The van der Waals surface area contributed by atoms with Gasteiger partial charge in [0, 0.05) is 30.1 Å². The van der Waals surface area contributed by atoms with Gasteiger partial charge in [0.2, 0.25) is 5.91 Å². The number of methoxy groups -OCH3 is 2. The molecule has 1 heterocycles. The van der Waals surface area contributed by atoms with E-state index in [9.17, 15) is 9.59 Å². The van der Waals surface area contributed by atoms with Crippen LogP contribution in [0.25, 0.3) is 0 Å². The number of carbonyl (C=O) groups excluding carboxylic acids is 2. The third-order valence-corrected chi connectivity index (χ3v) is 6.29. The van der Waals surface area contributed by atoms with Gasteiger partial charge in [-0.3, -0.25) is 9.59 Å². The average molecular weight is 479 g/mol. The zero-order valence-corrected chi connectivity index (χ0v) is 20.0. The zero-order chi connectivity index (χ0) is 24.1. The topological polar surface area (TPSA) is 67.9 Å². The van der Waals surface area contributed by atoms with Crippen molar-refractivity contribution in [2.75, 3.05) is 27.3 Å². The number of ether oxygens (including phenoxy) is 2. The summed E-state index contributed by atoms with van der Waals surface area (Å²) in [4.78, 5) is 27.6. The Morgan fingerprint density at radius 1 is 1.00 bits per heavy atom. The highest BCUT2D eigenvalue weighted by Crippen LogP contribution is 2.41. The van der Waals surface area contributed by atoms with E-state index in [0.29, 0.717) is 35.1 Å². The first-order valence-electron chi connectivity index (χ1n) is 11.1. The highest BCUT2D eigenvalue weighted by atomic mass is 35.5. The minimum atomic E-state index is -0.246. The third kappa shape index (κ3) is 5.02. The Bertz CT molecular complexity index is 1170. The Balaban J connectivity index is 1.54. The highest BCUT2D eigenvalue weighted by Gasteiger charge is 2.33. The number of carbonyl (C=O) groups is 2. The summed E-state index contributed by atoms with van der Waals surface area (Å²) in [6, 6.07) is 20.3. The molecule has 0 saturated carbocycles. The van der Waals surface area contributed by atoms with Gasteiger partial charge in [0.25, 0.3) is 5.91 Å². The van der Waals surface area contributed by atoms with Crippen LogP contribution >= 0.6 is 11.6 Å². The molecule has 0 saturated heterocycles. The molecule has 0 spiro atoms. The number of nitrogens with zero attached hydrogens (tertiary/aromatic N) is 1. The molecule has 1 atom stereocenters. The van der Waals surface area contributed by atoms with E-state index in [0.717, 1.165) is 16.7 Å². The van der Waals surface area contributed by atoms with Crippen LogP contribution < -0.4 is 14.8 Å². The molecule has 0 bridgehead atoms. The van der Waals surface area contributed by atoms with E-state index in [1.165, 1.54) is 0 Å². The molecule has 0 aromatic heterocycles. The maximum atomic E-state index is 13.3. The van der Waals surface area contributed by atoms with Gasteiger partial charge in [0.15, 0.2) is 11.5 Å². The maximum Gasteiger partial charge on any atom is 0.251 e. The van der Waals surface area contributed by atoms with Crippen LogP contribution in [0.2, 0.25) is 5.02 Å². The van der Waals surface area contributed by atoms with E-state index in [1.54, 1.807) is 38.5 Å². The molecule has 176 valence electrons. The lowest BCUT2D eigenvalue weighted by molar-refractivity contribution is -0.133. The van der Waals surface area contributed by atoms with Crippen molar-refractivity contribution in [3.63, 3.8) is 0 Å². The number of nitrogens with one attached hydrogen (secondary N) is 1. The molecule has 2 amide bonds. The molecule has 4 rings (SSSR count). The van der Waals surface area contributed by atoms with Crippen LogP contribution in [0.5, 0.6) is 11.5 Å². The molecular weight excluding hydrogens is 452 g/mol. The summed E-state index contributed by atoms with van der Waals surface area (Å²) in [5.41, 5.74) is 3.68. The fourth-order valence-corrected chi connectivity index (χ4v) is 4.47. The van der Waals surface area contributed by atoms with Crippen molar-refractivity contribution < 1.29 is 19.1 Å². The van der Waals surface area contributed by atoms with Gasteiger partial charge in [0.05, 0.1) is 20.3 Å².